The van der Waals surface area contributed by atoms with Crippen molar-refractivity contribution in [1.29, 1.82) is 0 Å². The number of carbonyl (C=O) groups is 2. The van der Waals surface area contributed by atoms with E-state index in [1.165, 1.54) is 31.4 Å². The minimum absolute atomic E-state index is 0.370. The zero-order valence-corrected chi connectivity index (χ0v) is 13.5. The number of carbonyl (C=O) groups excluding carboxylic acids is 2. The molecule has 0 saturated carbocycles. The van der Waals surface area contributed by atoms with E-state index in [1.807, 2.05) is 0 Å². The van der Waals surface area contributed by atoms with Crippen LogP contribution in [0.5, 0.6) is 5.75 Å². The third kappa shape index (κ3) is 4.06. The predicted molar refractivity (Wildman–Crippen MR) is 90.2 cm³/mol. The van der Waals surface area contributed by atoms with Gasteiger partial charge in [-0.3, -0.25) is 0 Å². The van der Waals surface area contributed by atoms with Crippen LogP contribution in [0.4, 0.5) is 20.6 Å². The molecule has 1 heterocycles. The number of ether oxygens (including phenoxy) is 2. The van der Waals surface area contributed by atoms with Crippen molar-refractivity contribution >= 4 is 23.4 Å². The molecule has 1 aliphatic heterocycles. The number of aryl methyl sites for hydroxylation is 1. The summed E-state index contributed by atoms with van der Waals surface area (Å²) in [6.45, 7) is 0. The maximum Gasteiger partial charge on any atom is 0.347 e. The number of benzene rings is 2. The molecule has 1 unspecified atom stereocenters. The average Bonchev–Trinajstić information content (AvgIpc) is 2.62. The molecule has 0 radical (unpaired) electrons. The molecule has 0 fully saturated rings. The molecule has 0 spiro atoms. The van der Waals surface area contributed by atoms with Crippen molar-refractivity contribution in [3.05, 3.63) is 53.8 Å². The van der Waals surface area contributed by atoms with Crippen molar-refractivity contribution in [3.8, 4) is 5.75 Å². The number of hydrogen-bond acceptors (Lipinski definition) is 4. The van der Waals surface area contributed by atoms with Crippen LogP contribution in [0.15, 0.2) is 42.5 Å². The summed E-state index contributed by atoms with van der Waals surface area (Å²) in [4.78, 5) is 23.6. The second-order valence-electron chi connectivity index (χ2n) is 5.58. The summed E-state index contributed by atoms with van der Waals surface area (Å²) in [6, 6.07) is 10.2. The van der Waals surface area contributed by atoms with Crippen LogP contribution in [0.1, 0.15) is 12.0 Å². The summed E-state index contributed by atoms with van der Waals surface area (Å²) in [6.07, 6.45) is 0.563. The second-order valence-corrected chi connectivity index (χ2v) is 5.58. The Labute approximate surface area is 143 Å². The first-order valence-electron chi connectivity index (χ1n) is 7.76. The molecule has 7 heteroatoms. The number of esters is 1. The molecule has 130 valence electrons. The normalized spacial score (nSPS) is 15.5. The van der Waals surface area contributed by atoms with Gasteiger partial charge < -0.3 is 20.1 Å². The number of fused-ring (bicyclic) bond motifs is 1. The quantitative estimate of drug-likeness (QED) is 0.838. The Kier molecular flexibility index (Phi) is 4.83. The monoisotopic (exact) mass is 344 g/mol. The van der Waals surface area contributed by atoms with Crippen molar-refractivity contribution < 1.29 is 23.5 Å². The zero-order valence-electron chi connectivity index (χ0n) is 13.5. The van der Waals surface area contributed by atoms with Crippen LogP contribution in [-0.2, 0) is 16.0 Å². The highest BCUT2D eigenvalue weighted by molar-refractivity contribution is 5.99. The molecule has 2 amide bonds. The van der Waals surface area contributed by atoms with Crippen LogP contribution in [0, 0.1) is 5.82 Å². The van der Waals surface area contributed by atoms with Gasteiger partial charge in [0.15, 0.2) is 6.10 Å². The molecule has 1 atom stereocenters. The molecule has 0 aromatic heterocycles. The van der Waals surface area contributed by atoms with E-state index >= 15 is 0 Å². The van der Waals surface area contributed by atoms with Crippen LogP contribution >= 0.6 is 0 Å². The largest absolute Gasteiger partial charge is 0.478 e. The fraction of sp³-hybridized carbons (Fsp3) is 0.222. The van der Waals surface area contributed by atoms with E-state index in [0.29, 0.717) is 30.0 Å². The Morgan fingerprint density at radius 1 is 1.12 bits per heavy atom. The van der Waals surface area contributed by atoms with E-state index in [9.17, 15) is 14.0 Å². The van der Waals surface area contributed by atoms with Crippen LogP contribution in [0.25, 0.3) is 0 Å². The third-order valence-corrected chi connectivity index (χ3v) is 3.83. The van der Waals surface area contributed by atoms with E-state index in [0.717, 1.165) is 5.56 Å². The SMILES string of the molecule is COC(=O)C1CCc2cc(NC(=O)Nc3ccc(F)cc3)ccc2O1. The number of halogens is 1. The maximum absolute atomic E-state index is 12.9. The van der Waals surface area contributed by atoms with Gasteiger partial charge in [-0.15, -0.1) is 0 Å². The standard InChI is InChI=1S/C18H17FN2O4/c1-24-17(22)16-8-2-11-10-14(7-9-15(11)25-16)21-18(23)20-13-5-3-12(19)4-6-13/h3-7,9-10,16H,2,8H2,1H3,(H2,20,21,23). The summed E-state index contributed by atoms with van der Waals surface area (Å²) in [5, 5.41) is 5.33. The van der Waals surface area contributed by atoms with E-state index in [-0.39, 0.29) is 5.82 Å². The zero-order chi connectivity index (χ0) is 17.8. The van der Waals surface area contributed by atoms with Crippen LogP contribution in [-0.4, -0.2) is 25.2 Å². The van der Waals surface area contributed by atoms with Gasteiger partial charge >= 0.3 is 12.0 Å². The summed E-state index contributed by atoms with van der Waals surface area (Å²) in [5.41, 5.74) is 1.99. The van der Waals surface area contributed by atoms with Gasteiger partial charge in [-0.25, -0.2) is 14.0 Å². The molecule has 0 saturated heterocycles. The number of methoxy groups -OCH3 is 1. The molecular weight excluding hydrogens is 327 g/mol. The van der Waals surface area contributed by atoms with Gasteiger partial charge in [-0.1, -0.05) is 0 Å². The number of rotatable bonds is 3. The minimum atomic E-state index is -0.599. The fourth-order valence-electron chi connectivity index (χ4n) is 2.59. The minimum Gasteiger partial charge on any atom is -0.478 e. The predicted octanol–water partition coefficient (Wildman–Crippen LogP) is 3.34. The Morgan fingerprint density at radius 3 is 2.52 bits per heavy atom. The van der Waals surface area contributed by atoms with Gasteiger partial charge in [-0.05, 0) is 60.9 Å². The molecule has 6 nitrogen and oxygen atoms in total. The van der Waals surface area contributed by atoms with Crippen molar-refractivity contribution in [2.24, 2.45) is 0 Å². The Balaban J connectivity index is 1.63. The number of anilines is 2. The number of nitrogens with one attached hydrogen (secondary N) is 2. The van der Waals surface area contributed by atoms with Crippen molar-refractivity contribution in [2.75, 3.05) is 17.7 Å². The van der Waals surface area contributed by atoms with Crippen LogP contribution in [0.2, 0.25) is 0 Å². The van der Waals surface area contributed by atoms with Crippen LogP contribution in [0.3, 0.4) is 0 Å². The first kappa shape index (κ1) is 16.8. The first-order valence-corrected chi connectivity index (χ1v) is 7.76. The highest BCUT2D eigenvalue weighted by atomic mass is 19.1. The fourth-order valence-corrected chi connectivity index (χ4v) is 2.59. The molecule has 25 heavy (non-hydrogen) atoms. The highest BCUT2D eigenvalue weighted by Crippen LogP contribution is 2.30. The van der Waals surface area contributed by atoms with E-state index in [1.54, 1.807) is 18.2 Å². The van der Waals surface area contributed by atoms with Gasteiger partial charge in [0, 0.05) is 11.4 Å². The molecule has 0 bridgehead atoms. The molecule has 2 aromatic carbocycles. The van der Waals surface area contributed by atoms with Gasteiger partial charge in [0.2, 0.25) is 0 Å². The van der Waals surface area contributed by atoms with Gasteiger partial charge in [0.1, 0.15) is 11.6 Å². The summed E-state index contributed by atoms with van der Waals surface area (Å²) >= 11 is 0. The number of hydrogen-bond donors (Lipinski definition) is 2. The van der Waals surface area contributed by atoms with E-state index < -0.39 is 18.1 Å². The van der Waals surface area contributed by atoms with E-state index in [2.05, 4.69) is 10.6 Å². The molecule has 0 aliphatic carbocycles. The summed E-state index contributed by atoms with van der Waals surface area (Å²) < 4.78 is 23.2. The van der Waals surface area contributed by atoms with E-state index in [4.69, 9.17) is 9.47 Å². The lowest BCUT2D eigenvalue weighted by molar-refractivity contribution is -0.149. The van der Waals surface area contributed by atoms with Gasteiger partial charge in [0.25, 0.3) is 0 Å². The molecule has 2 N–H and O–H groups in total. The lowest BCUT2D eigenvalue weighted by atomic mass is 10.0. The Hall–Kier alpha value is -3.09. The highest BCUT2D eigenvalue weighted by Gasteiger charge is 2.26. The summed E-state index contributed by atoms with van der Waals surface area (Å²) in [7, 11) is 1.33. The summed E-state index contributed by atoms with van der Waals surface area (Å²) in [5.74, 6) is -0.163. The third-order valence-electron chi connectivity index (χ3n) is 3.83. The molecule has 3 rings (SSSR count). The van der Waals surface area contributed by atoms with Gasteiger partial charge in [-0.2, -0.15) is 0 Å². The van der Waals surface area contributed by atoms with Crippen molar-refractivity contribution in [2.45, 2.75) is 18.9 Å². The Bertz CT molecular complexity index is 792. The van der Waals surface area contributed by atoms with Crippen molar-refractivity contribution in [3.63, 3.8) is 0 Å². The number of urea groups is 1. The topological polar surface area (TPSA) is 76.7 Å². The maximum atomic E-state index is 12.9. The Morgan fingerprint density at radius 2 is 1.80 bits per heavy atom. The lowest BCUT2D eigenvalue weighted by Crippen LogP contribution is -2.32. The van der Waals surface area contributed by atoms with Crippen LogP contribution < -0.4 is 15.4 Å². The second kappa shape index (κ2) is 7.21. The number of amides is 2. The average molecular weight is 344 g/mol. The van der Waals surface area contributed by atoms with Gasteiger partial charge in [0.05, 0.1) is 7.11 Å². The lowest BCUT2D eigenvalue weighted by Gasteiger charge is -2.24. The van der Waals surface area contributed by atoms with Crippen molar-refractivity contribution in [1.82, 2.24) is 0 Å². The molecule has 1 aliphatic rings. The molecular formula is C18H17FN2O4. The molecule has 2 aromatic rings. The smallest absolute Gasteiger partial charge is 0.347 e. The first-order chi connectivity index (χ1) is 12.0.